The number of hydrogen-bond acceptors (Lipinski definition) is 4. The molecule has 0 aliphatic rings. The first-order valence-electron chi connectivity index (χ1n) is 6.28. The Labute approximate surface area is 113 Å². The van der Waals surface area contributed by atoms with Crippen molar-refractivity contribution in [3.8, 4) is 11.6 Å². The lowest BCUT2D eigenvalue weighted by Crippen LogP contribution is -2.03. The van der Waals surface area contributed by atoms with Crippen molar-refractivity contribution >= 4 is 5.82 Å². The van der Waals surface area contributed by atoms with E-state index in [9.17, 15) is 0 Å². The Morgan fingerprint density at radius 1 is 1.16 bits per heavy atom. The molecule has 1 N–H and O–H groups in total. The van der Waals surface area contributed by atoms with Gasteiger partial charge in [0, 0.05) is 12.6 Å². The number of ether oxygens (including phenoxy) is 2. The van der Waals surface area contributed by atoms with Crippen molar-refractivity contribution in [3.63, 3.8) is 0 Å². The Bertz CT molecular complexity index is 529. The van der Waals surface area contributed by atoms with E-state index in [0.717, 1.165) is 17.1 Å². The van der Waals surface area contributed by atoms with Crippen molar-refractivity contribution in [2.45, 2.75) is 13.5 Å². The van der Waals surface area contributed by atoms with Crippen LogP contribution in [0.25, 0.3) is 0 Å². The summed E-state index contributed by atoms with van der Waals surface area (Å²) in [5.74, 6) is 2.29. The first-order valence-corrected chi connectivity index (χ1v) is 6.28. The molecule has 0 radical (unpaired) electrons. The van der Waals surface area contributed by atoms with E-state index in [0.29, 0.717) is 19.0 Å². The number of nitrogens with zero attached hydrogens (tertiary/aromatic N) is 1. The monoisotopic (exact) mass is 258 g/mol. The largest absolute Gasteiger partial charge is 0.497 e. The van der Waals surface area contributed by atoms with Crippen LogP contribution in [0.1, 0.15) is 12.5 Å². The predicted molar refractivity (Wildman–Crippen MR) is 75.7 cm³/mol. The lowest BCUT2D eigenvalue weighted by molar-refractivity contribution is 0.327. The van der Waals surface area contributed by atoms with Gasteiger partial charge < -0.3 is 14.8 Å². The molecule has 0 saturated heterocycles. The zero-order valence-electron chi connectivity index (χ0n) is 11.2. The van der Waals surface area contributed by atoms with E-state index < -0.39 is 0 Å². The summed E-state index contributed by atoms with van der Waals surface area (Å²) in [6.07, 6.45) is 0. The summed E-state index contributed by atoms with van der Waals surface area (Å²) in [4.78, 5) is 4.36. The number of hydrogen-bond donors (Lipinski definition) is 1. The fraction of sp³-hybridized carbons (Fsp3) is 0.267. The van der Waals surface area contributed by atoms with Crippen LogP contribution < -0.4 is 14.8 Å². The van der Waals surface area contributed by atoms with Crippen LogP contribution in [0.2, 0.25) is 0 Å². The third kappa shape index (κ3) is 3.88. The quantitative estimate of drug-likeness (QED) is 0.864. The maximum Gasteiger partial charge on any atom is 0.215 e. The first-order chi connectivity index (χ1) is 9.31. The molecule has 0 aliphatic heterocycles. The van der Waals surface area contributed by atoms with Gasteiger partial charge in [0.05, 0.1) is 13.7 Å². The molecule has 0 amide bonds. The zero-order chi connectivity index (χ0) is 13.5. The number of methoxy groups -OCH3 is 1. The molecule has 0 bridgehead atoms. The molecule has 2 aromatic rings. The van der Waals surface area contributed by atoms with Gasteiger partial charge in [0.15, 0.2) is 0 Å². The number of rotatable bonds is 6. The second-order valence-corrected chi connectivity index (χ2v) is 4.00. The Balaban J connectivity index is 1.99. The van der Waals surface area contributed by atoms with Crippen LogP contribution in [0.4, 0.5) is 5.82 Å². The molecule has 0 fully saturated rings. The van der Waals surface area contributed by atoms with Crippen LogP contribution in [0.15, 0.2) is 42.5 Å². The van der Waals surface area contributed by atoms with Gasteiger partial charge in [-0.2, -0.15) is 4.98 Å². The van der Waals surface area contributed by atoms with E-state index in [1.54, 1.807) is 7.11 Å². The lowest BCUT2D eigenvalue weighted by Gasteiger charge is -2.08. The highest BCUT2D eigenvalue weighted by Crippen LogP contribution is 2.15. The van der Waals surface area contributed by atoms with Crippen LogP contribution >= 0.6 is 0 Å². The molecule has 1 aromatic heterocycles. The molecule has 19 heavy (non-hydrogen) atoms. The smallest absolute Gasteiger partial charge is 0.215 e. The van der Waals surface area contributed by atoms with E-state index in [2.05, 4.69) is 10.3 Å². The van der Waals surface area contributed by atoms with Crippen molar-refractivity contribution in [2.75, 3.05) is 19.0 Å². The molecule has 0 saturated carbocycles. The minimum absolute atomic E-state index is 0.617. The molecule has 0 unspecified atom stereocenters. The van der Waals surface area contributed by atoms with Crippen molar-refractivity contribution in [3.05, 3.63) is 48.0 Å². The van der Waals surface area contributed by atoms with E-state index in [1.165, 1.54) is 0 Å². The van der Waals surface area contributed by atoms with E-state index in [-0.39, 0.29) is 0 Å². The highest BCUT2D eigenvalue weighted by molar-refractivity contribution is 5.39. The normalized spacial score (nSPS) is 10.0. The van der Waals surface area contributed by atoms with E-state index >= 15 is 0 Å². The van der Waals surface area contributed by atoms with Gasteiger partial charge in [-0.25, -0.2) is 0 Å². The average Bonchev–Trinajstić information content (AvgIpc) is 2.46. The van der Waals surface area contributed by atoms with Crippen molar-refractivity contribution in [2.24, 2.45) is 0 Å². The molecule has 4 heteroatoms. The zero-order valence-corrected chi connectivity index (χ0v) is 11.2. The van der Waals surface area contributed by atoms with Gasteiger partial charge in [-0.1, -0.05) is 18.2 Å². The molecule has 1 heterocycles. The summed E-state index contributed by atoms with van der Waals surface area (Å²) in [6, 6.07) is 13.6. The molecule has 0 spiro atoms. The third-order valence-electron chi connectivity index (χ3n) is 2.62. The predicted octanol–water partition coefficient (Wildman–Crippen LogP) is 3.10. The van der Waals surface area contributed by atoms with Gasteiger partial charge >= 0.3 is 0 Å². The Kier molecular flexibility index (Phi) is 4.61. The summed E-state index contributed by atoms with van der Waals surface area (Å²) >= 11 is 0. The maximum atomic E-state index is 5.36. The standard InChI is InChI=1S/C15H18N2O2/c1-3-19-15-9-5-8-14(17-15)16-11-12-6-4-7-13(10-12)18-2/h4-10H,3,11H2,1-2H3,(H,16,17). The van der Waals surface area contributed by atoms with Gasteiger partial charge in [0.25, 0.3) is 0 Å². The number of nitrogens with one attached hydrogen (secondary N) is 1. The molecular formula is C15H18N2O2. The fourth-order valence-electron chi connectivity index (χ4n) is 1.72. The summed E-state index contributed by atoms with van der Waals surface area (Å²) in [5.41, 5.74) is 1.14. The molecule has 100 valence electrons. The second kappa shape index (κ2) is 6.64. The topological polar surface area (TPSA) is 43.4 Å². The van der Waals surface area contributed by atoms with E-state index in [4.69, 9.17) is 9.47 Å². The van der Waals surface area contributed by atoms with Gasteiger partial charge in [-0.15, -0.1) is 0 Å². The third-order valence-corrected chi connectivity index (χ3v) is 2.62. The molecule has 1 aromatic carbocycles. The highest BCUT2D eigenvalue weighted by Gasteiger charge is 1.99. The number of aromatic nitrogens is 1. The SMILES string of the molecule is CCOc1cccc(NCc2cccc(OC)c2)n1. The molecule has 4 nitrogen and oxygen atoms in total. The summed E-state index contributed by atoms with van der Waals surface area (Å²) < 4.78 is 10.6. The summed E-state index contributed by atoms with van der Waals surface area (Å²) in [5, 5.41) is 3.26. The molecular weight excluding hydrogens is 240 g/mol. The number of anilines is 1. The average molecular weight is 258 g/mol. The number of benzene rings is 1. The van der Waals surface area contributed by atoms with Gasteiger partial charge in [-0.05, 0) is 30.7 Å². The van der Waals surface area contributed by atoms with Crippen LogP contribution in [-0.4, -0.2) is 18.7 Å². The Morgan fingerprint density at radius 3 is 2.79 bits per heavy atom. The molecule has 2 rings (SSSR count). The van der Waals surface area contributed by atoms with Crippen LogP contribution in [0.3, 0.4) is 0 Å². The van der Waals surface area contributed by atoms with Crippen molar-refractivity contribution < 1.29 is 9.47 Å². The second-order valence-electron chi connectivity index (χ2n) is 4.00. The van der Waals surface area contributed by atoms with Crippen LogP contribution in [-0.2, 0) is 6.54 Å². The van der Waals surface area contributed by atoms with Crippen LogP contribution in [0, 0.1) is 0 Å². The number of pyridine rings is 1. The summed E-state index contributed by atoms with van der Waals surface area (Å²) in [6.45, 7) is 3.25. The highest BCUT2D eigenvalue weighted by atomic mass is 16.5. The van der Waals surface area contributed by atoms with Crippen LogP contribution in [0.5, 0.6) is 11.6 Å². The Hall–Kier alpha value is -2.23. The fourth-order valence-corrected chi connectivity index (χ4v) is 1.72. The molecule has 0 atom stereocenters. The minimum atomic E-state index is 0.617. The van der Waals surface area contributed by atoms with Crippen molar-refractivity contribution in [1.82, 2.24) is 4.98 Å². The van der Waals surface area contributed by atoms with Crippen molar-refractivity contribution in [1.29, 1.82) is 0 Å². The van der Waals surface area contributed by atoms with Gasteiger partial charge in [-0.3, -0.25) is 0 Å². The Morgan fingerprint density at radius 2 is 2.00 bits per heavy atom. The van der Waals surface area contributed by atoms with Gasteiger partial charge in [0.1, 0.15) is 11.6 Å². The summed E-state index contributed by atoms with van der Waals surface area (Å²) in [7, 11) is 1.67. The molecule has 0 aliphatic carbocycles. The maximum absolute atomic E-state index is 5.36. The lowest BCUT2D eigenvalue weighted by atomic mass is 10.2. The van der Waals surface area contributed by atoms with Gasteiger partial charge in [0.2, 0.25) is 5.88 Å². The minimum Gasteiger partial charge on any atom is -0.497 e. The first kappa shape index (κ1) is 13.2. The van der Waals surface area contributed by atoms with E-state index in [1.807, 2.05) is 49.4 Å².